The van der Waals surface area contributed by atoms with E-state index in [1.54, 1.807) is 11.3 Å². The summed E-state index contributed by atoms with van der Waals surface area (Å²) in [7, 11) is 0. The van der Waals surface area contributed by atoms with Crippen molar-refractivity contribution in [3.8, 4) is 12.3 Å². The van der Waals surface area contributed by atoms with Gasteiger partial charge in [0.25, 0.3) is 0 Å². The Kier molecular flexibility index (Phi) is 2.50. The minimum atomic E-state index is 0.756. The molecule has 2 nitrogen and oxygen atoms in total. The van der Waals surface area contributed by atoms with Crippen LogP contribution in [0.3, 0.4) is 0 Å². The predicted molar refractivity (Wildman–Crippen MR) is 48.9 cm³/mol. The van der Waals surface area contributed by atoms with Gasteiger partial charge in [0, 0.05) is 11.4 Å². The summed E-state index contributed by atoms with van der Waals surface area (Å²) in [5.41, 5.74) is 0.756. The Bertz CT molecular complexity index is 283. The van der Waals surface area contributed by atoms with Crippen LogP contribution in [0.25, 0.3) is 0 Å². The summed E-state index contributed by atoms with van der Waals surface area (Å²) in [6.07, 6.45) is 5.23. The summed E-state index contributed by atoms with van der Waals surface area (Å²) < 4.78 is 0. The molecule has 1 aromatic heterocycles. The lowest BCUT2D eigenvalue weighted by molar-refractivity contribution is 1.18. The van der Waals surface area contributed by atoms with E-state index in [0.717, 1.165) is 22.2 Å². The van der Waals surface area contributed by atoms with E-state index in [4.69, 9.17) is 6.42 Å². The largest absolute Gasteiger partial charge is 0.362 e. The van der Waals surface area contributed by atoms with Crippen LogP contribution in [0.1, 0.15) is 17.5 Å². The monoisotopic (exact) mass is 166 g/mol. The van der Waals surface area contributed by atoms with E-state index in [9.17, 15) is 0 Å². The van der Waals surface area contributed by atoms with Crippen LogP contribution in [0.15, 0.2) is 0 Å². The van der Waals surface area contributed by atoms with Crippen LogP contribution in [0.2, 0.25) is 0 Å². The number of aromatic nitrogens is 1. The molecule has 3 heteroatoms. The topological polar surface area (TPSA) is 24.9 Å². The molecule has 1 rings (SSSR count). The van der Waals surface area contributed by atoms with E-state index in [1.807, 2.05) is 13.8 Å². The van der Waals surface area contributed by atoms with Gasteiger partial charge in [-0.05, 0) is 19.8 Å². The van der Waals surface area contributed by atoms with Crippen molar-refractivity contribution in [3.63, 3.8) is 0 Å². The third-order valence-electron chi connectivity index (χ3n) is 1.26. The minimum absolute atomic E-state index is 0.756. The van der Waals surface area contributed by atoms with E-state index >= 15 is 0 Å². The Morgan fingerprint density at radius 3 is 2.91 bits per heavy atom. The second kappa shape index (κ2) is 3.40. The van der Waals surface area contributed by atoms with Gasteiger partial charge < -0.3 is 5.32 Å². The summed E-state index contributed by atoms with van der Waals surface area (Å²) >= 11 is 1.60. The molecule has 0 fully saturated rings. The summed E-state index contributed by atoms with van der Waals surface area (Å²) in [5, 5.41) is 4.03. The number of hydrogen-bond donors (Lipinski definition) is 1. The fraction of sp³-hybridized carbons (Fsp3) is 0.375. The van der Waals surface area contributed by atoms with Gasteiger partial charge in [-0.2, -0.15) is 0 Å². The van der Waals surface area contributed by atoms with Crippen molar-refractivity contribution in [2.75, 3.05) is 11.9 Å². The van der Waals surface area contributed by atoms with Crippen LogP contribution in [-0.2, 0) is 0 Å². The normalized spacial score (nSPS) is 9.18. The lowest BCUT2D eigenvalue weighted by atomic mass is 10.4. The fourth-order valence-corrected chi connectivity index (χ4v) is 1.60. The SMILES string of the molecule is C#Cc1nc(NCC)sc1C. The molecule has 0 radical (unpaired) electrons. The number of nitrogens with zero attached hydrogens (tertiary/aromatic N) is 1. The average molecular weight is 166 g/mol. The Labute approximate surface area is 70.7 Å². The van der Waals surface area contributed by atoms with Crippen molar-refractivity contribution in [2.45, 2.75) is 13.8 Å². The number of thiazole rings is 1. The zero-order valence-electron chi connectivity index (χ0n) is 6.64. The maximum Gasteiger partial charge on any atom is 0.184 e. The first kappa shape index (κ1) is 8.09. The smallest absolute Gasteiger partial charge is 0.184 e. The van der Waals surface area contributed by atoms with E-state index in [0.29, 0.717) is 0 Å². The molecule has 0 bridgehead atoms. The number of aryl methyl sites for hydroxylation is 1. The third-order valence-corrected chi connectivity index (χ3v) is 2.19. The molecular formula is C8H10N2S. The highest BCUT2D eigenvalue weighted by atomic mass is 32.1. The minimum Gasteiger partial charge on any atom is -0.362 e. The molecule has 1 aromatic rings. The maximum absolute atomic E-state index is 5.23. The van der Waals surface area contributed by atoms with Gasteiger partial charge in [0.2, 0.25) is 0 Å². The van der Waals surface area contributed by atoms with Crippen LogP contribution in [0, 0.1) is 19.3 Å². The quantitative estimate of drug-likeness (QED) is 0.678. The highest BCUT2D eigenvalue weighted by molar-refractivity contribution is 7.15. The first-order valence-corrected chi connectivity index (χ1v) is 4.27. The summed E-state index contributed by atoms with van der Waals surface area (Å²) in [6.45, 7) is 4.90. The highest BCUT2D eigenvalue weighted by Gasteiger charge is 2.02. The van der Waals surface area contributed by atoms with Gasteiger partial charge in [-0.25, -0.2) is 4.98 Å². The van der Waals surface area contributed by atoms with Crippen molar-refractivity contribution >= 4 is 16.5 Å². The van der Waals surface area contributed by atoms with Gasteiger partial charge in [-0.15, -0.1) is 17.8 Å². The first-order valence-electron chi connectivity index (χ1n) is 3.45. The molecule has 0 saturated carbocycles. The van der Waals surface area contributed by atoms with Crippen molar-refractivity contribution in [1.29, 1.82) is 0 Å². The van der Waals surface area contributed by atoms with E-state index in [1.165, 1.54) is 0 Å². The Morgan fingerprint density at radius 2 is 2.45 bits per heavy atom. The second-order valence-electron chi connectivity index (χ2n) is 2.10. The van der Waals surface area contributed by atoms with Crippen LogP contribution < -0.4 is 5.32 Å². The van der Waals surface area contributed by atoms with Gasteiger partial charge in [0.15, 0.2) is 5.13 Å². The standard InChI is InChI=1S/C8H10N2S/c1-4-7-6(3)11-8(10-7)9-5-2/h1H,5H2,2-3H3,(H,9,10). The van der Waals surface area contributed by atoms with Crippen LogP contribution >= 0.6 is 11.3 Å². The summed E-state index contributed by atoms with van der Waals surface area (Å²) in [5.74, 6) is 2.53. The molecule has 0 aliphatic rings. The molecule has 58 valence electrons. The molecule has 1 N–H and O–H groups in total. The molecule has 0 amide bonds. The van der Waals surface area contributed by atoms with E-state index in [2.05, 4.69) is 16.2 Å². The zero-order chi connectivity index (χ0) is 8.27. The zero-order valence-corrected chi connectivity index (χ0v) is 7.46. The van der Waals surface area contributed by atoms with Crippen molar-refractivity contribution < 1.29 is 0 Å². The second-order valence-corrected chi connectivity index (χ2v) is 3.30. The molecule has 0 aliphatic heterocycles. The van der Waals surface area contributed by atoms with Crippen LogP contribution in [0.4, 0.5) is 5.13 Å². The lowest BCUT2D eigenvalue weighted by Gasteiger charge is -1.92. The summed E-state index contributed by atoms with van der Waals surface area (Å²) in [4.78, 5) is 5.29. The molecule has 11 heavy (non-hydrogen) atoms. The third kappa shape index (κ3) is 1.72. The van der Waals surface area contributed by atoms with Crippen molar-refractivity contribution in [1.82, 2.24) is 4.98 Å². The van der Waals surface area contributed by atoms with Crippen molar-refractivity contribution in [3.05, 3.63) is 10.6 Å². The number of nitrogens with one attached hydrogen (secondary N) is 1. The number of rotatable bonds is 2. The molecule has 0 unspecified atom stereocenters. The van der Waals surface area contributed by atoms with Crippen LogP contribution in [0.5, 0.6) is 0 Å². The van der Waals surface area contributed by atoms with E-state index in [-0.39, 0.29) is 0 Å². The molecule has 0 atom stereocenters. The summed E-state index contributed by atoms with van der Waals surface area (Å²) in [6, 6.07) is 0. The van der Waals surface area contributed by atoms with Gasteiger partial charge in [-0.1, -0.05) is 0 Å². The average Bonchev–Trinajstić information content (AvgIpc) is 2.32. The Morgan fingerprint density at radius 1 is 1.73 bits per heavy atom. The molecular weight excluding hydrogens is 156 g/mol. The van der Waals surface area contributed by atoms with Gasteiger partial charge in [-0.3, -0.25) is 0 Å². The molecule has 0 saturated heterocycles. The van der Waals surface area contributed by atoms with E-state index < -0.39 is 0 Å². The first-order chi connectivity index (χ1) is 5.27. The van der Waals surface area contributed by atoms with Crippen molar-refractivity contribution in [2.24, 2.45) is 0 Å². The highest BCUT2D eigenvalue weighted by Crippen LogP contribution is 2.20. The predicted octanol–water partition coefficient (Wildman–Crippen LogP) is 1.86. The van der Waals surface area contributed by atoms with Crippen LogP contribution in [-0.4, -0.2) is 11.5 Å². The van der Waals surface area contributed by atoms with Gasteiger partial charge >= 0.3 is 0 Å². The molecule has 1 heterocycles. The number of terminal acetylenes is 1. The Hall–Kier alpha value is -1.01. The fourth-order valence-electron chi connectivity index (χ4n) is 0.757. The molecule has 0 aliphatic carbocycles. The number of anilines is 1. The maximum atomic E-state index is 5.23. The van der Waals surface area contributed by atoms with Gasteiger partial charge in [0.05, 0.1) is 0 Å². The lowest BCUT2D eigenvalue weighted by Crippen LogP contribution is -1.94. The Balaban J connectivity index is 2.89. The molecule has 0 aromatic carbocycles. The van der Waals surface area contributed by atoms with Gasteiger partial charge in [0.1, 0.15) is 5.69 Å². The number of hydrogen-bond acceptors (Lipinski definition) is 3. The molecule has 0 spiro atoms.